The number of carbonyl (C=O) groups excluding carboxylic acids is 2. The Kier molecular flexibility index (Phi) is 4.21. The van der Waals surface area contributed by atoms with Crippen molar-refractivity contribution in [2.24, 2.45) is 0 Å². The Balaban J connectivity index is 1.44. The lowest BCUT2D eigenvalue weighted by atomic mass is 9.82. The zero-order valence-electron chi connectivity index (χ0n) is 14.3. The molecule has 6 nitrogen and oxygen atoms in total. The van der Waals surface area contributed by atoms with Gasteiger partial charge in [-0.05, 0) is 32.0 Å². The minimum absolute atomic E-state index is 0.0617. The first-order valence-electron chi connectivity index (χ1n) is 8.74. The van der Waals surface area contributed by atoms with E-state index < -0.39 is 5.54 Å². The maximum absolute atomic E-state index is 12.8. The van der Waals surface area contributed by atoms with Crippen LogP contribution in [0.5, 0.6) is 0 Å². The van der Waals surface area contributed by atoms with Crippen molar-refractivity contribution in [3.05, 3.63) is 29.3 Å². The number of hydrogen-bond acceptors (Lipinski definition) is 5. The number of aromatic nitrogens is 1. The van der Waals surface area contributed by atoms with Gasteiger partial charge in [-0.3, -0.25) is 9.69 Å². The van der Waals surface area contributed by atoms with Crippen molar-refractivity contribution in [3.8, 4) is 0 Å². The maximum Gasteiger partial charge on any atom is 0.326 e. The molecular weight excluding hydrogens is 336 g/mol. The minimum Gasteiger partial charge on any atom is -0.323 e. The number of rotatable bonds is 4. The van der Waals surface area contributed by atoms with Crippen LogP contribution >= 0.6 is 11.3 Å². The van der Waals surface area contributed by atoms with E-state index in [4.69, 9.17) is 0 Å². The van der Waals surface area contributed by atoms with Crippen molar-refractivity contribution in [1.29, 1.82) is 0 Å². The molecule has 1 aromatic carbocycles. The molecule has 2 fully saturated rings. The Hall–Kier alpha value is -1.99. The first-order valence-corrected chi connectivity index (χ1v) is 9.56. The van der Waals surface area contributed by atoms with E-state index >= 15 is 0 Å². The molecule has 0 unspecified atom stereocenters. The Morgan fingerprint density at radius 2 is 2.00 bits per heavy atom. The van der Waals surface area contributed by atoms with Gasteiger partial charge in [0.2, 0.25) is 0 Å². The average molecular weight is 358 g/mol. The summed E-state index contributed by atoms with van der Waals surface area (Å²) in [4.78, 5) is 33.1. The van der Waals surface area contributed by atoms with E-state index in [-0.39, 0.29) is 11.9 Å². The molecule has 1 saturated heterocycles. The van der Waals surface area contributed by atoms with Crippen LogP contribution in [-0.2, 0) is 11.3 Å². The monoisotopic (exact) mass is 358 g/mol. The number of amides is 3. The molecule has 2 aromatic rings. The quantitative estimate of drug-likeness (QED) is 0.854. The first-order chi connectivity index (χ1) is 12.1. The molecule has 1 spiro atoms. The summed E-state index contributed by atoms with van der Waals surface area (Å²) in [5, 5.41) is 3.95. The number of hydrogen-bond donors (Lipinski definition) is 1. The highest BCUT2D eigenvalue weighted by Gasteiger charge is 2.51. The summed E-state index contributed by atoms with van der Waals surface area (Å²) >= 11 is 1.65. The van der Waals surface area contributed by atoms with Crippen LogP contribution in [0.3, 0.4) is 0 Å². The van der Waals surface area contributed by atoms with Gasteiger partial charge in [-0.1, -0.05) is 31.4 Å². The van der Waals surface area contributed by atoms with E-state index in [1.54, 1.807) is 11.3 Å². The van der Waals surface area contributed by atoms with Gasteiger partial charge >= 0.3 is 6.03 Å². The fourth-order valence-corrected chi connectivity index (χ4v) is 4.86. The Bertz CT molecular complexity index is 779. The van der Waals surface area contributed by atoms with Crippen molar-refractivity contribution < 1.29 is 9.59 Å². The number of carbonyl (C=O) groups is 2. The van der Waals surface area contributed by atoms with Gasteiger partial charge in [0.1, 0.15) is 10.5 Å². The molecule has 1 N–H and O–H groups in total. The summed E-state index contributed by atoms with van der Waals surface area (Å²) < 4.78 is 1.15. The summed E-state index contributed by atoms with van der Waals surface area (Å²) in [6.07, 6.45) is 4.66. The highest BCUT2D eigenvalue weighted by Crippen LogP contribution is 2.33. The number of urea groups is 1. The molecule has 7 heteroatoms. The highest BCUT2D eigenvalue weighted by molar-refractivity contribution is 7.18. The van der Waals surface area contributed by atoms with Crippen molar-refractivity contribution in [1.82, 2.24) is 20.1 Å². The molecule has 0 atom stereocenters. The molecule has 0 bridgehead atoms. The molecule has 4 rings (SSSR count). The van der Waals surface area contributed by atoms with Crippen LogP contribution < -0.4 is 5.32 Å². The van der Waals surface area contributed by atoms with E-state index in [1.165, 1.54) is 4.90 Å². The summed E-state index contributed by atoms with van der Waals surface area (Å²) in [6.45, 7) is 0.908. The predicted octanol–water partition coefficient (Wildman–Crippen LogP) is 2.94. The smallest absolute Gasteiger partial charge is 0.323 e. The van der Waals surface area contributed by atoms with E-state index in [1.807, 2.05) is 30.1 Å². The number of para-hydroxylation sites is 1. The lowest BCUT2D eigenvalue weighted by Gasteiger charge is -2.30. The number of benzene rings is 1. The van der Waals surface area contributed by atoms with E-state index in [2.05, 4.69) is 16.4 Å². The Morgan fingerprint density at radius 1 is 1.24 bits per heavy atom. The highest BCUT2D eigenvalue weighted by atomic mass is 32.1. The Labute approximate surface area is 150 Å². The third-order valence-corrected chi connectivity index (χ3v) is 6.10. The number of nitrogens with one attached hydrogen (secondary N) is 1. The summed E-state index contributed by atoms with van der Waals surface area (Å²) in [6, 6.07) is 7.78. The van der Waals surface area contributed by atoms with Gasteiger partial charge < -0.3 is 5.32 Å². The standard InChI is InChI=1S/C18H22N4O2S/c1-21(11-15-19-13-7-3-4-8-14(13)25-15)12-22-16(23)18(20-17(22)24)9-5-2-6-10-18/h3-4,7-8H,2,5-6,9-12H2,1H3,(H,20,24). The van der Waals surface area contributed by atoms with Crippen LogP contribution in [-0.4, -0.2) is 46.0 Å². The second-order valence-corrected chi connectivity index (χ2v) is 8.15. The SMILES string of the molecule is CN(Cc1nc2ccccc2s1)CN1C(=O)NC2(CCCCC2)C1=O. The lowest BCUT2D eigenvalue weighted by Crippen LogP contribution is -2.48. The molecule has 2 heterocycles. The lowest BCUT2D eigenvalue weighted by molar-refractivity contribution is -0.133. The zero-order valence-corrected chi connectivity index (χ0v) is 15.1. The second kappa shape index (κ2) is 6.38. The summed E-state index contributed by atoms with van der Waals surface area (Å²) in [5.74, 6) is -0.0617. The second-order valence-electron chi connectivity index (χ2n) is 7.04. The normalized spacial score (nSPS) is 20.0. The number of nitrogens with zero attached hydrogens (tertiary/aromatic N) is 3. The van der Waals surface area contributed by atoms with Gasteiger partial charge in [0.05, 0.1) is 23.4 Å². The topological polar surface area (TPSA) is 65.5 Å². The van der Waals surface area contributed by atoms with Crippen molar-refractivity contribution >= 4 is 33.5 Å². The minimum atomic E-state index is -0.647. The van der Waals surface area contributed by atoms with Crippen LogP contribution in [0.4, 0.5) is 4.79 Å². The number of thiazole rings is 1. The van der Waals surface area contributed by atoms with Gasteiger partial charge in [0, 0.05) is 0 Å². The zero-order chi connectivity index (χ0) is 17.4. The van der Waals surface area contributed by atoms with Gasteiger partial charge in [0.25, 0.3) is 5.91 Å². The molecular formula is C18H22N4O2S. The van der Waals surface area contributed by atoms with Crippen LogP contribution in [0, 0.1) is 0 Å². The molecule has 1 aliphatic carbocycles. The largest absolute Gasteiger partial charge is 0.326 e. The van der Waals surface area contributed by atoms with Gasteiger partial charge in [-0.25, -0.2) is 14.7 Å². The van der Waals surface area contributed by atoms with E-state index in [0.29, 0.717) is 13.2 Å². The van der Waals surface area contributed by atoms with Crippen LogP contribution in [0.1, 0.15) is 37.1 Å². The fraction of sp³-hybridized carbons (Fsp3) is 0.500. The fourth-order valence-electron chi connectivity index (χ4n) is 3.81. The number of imide groups is 1. The first kappa shape index (κ1) is 16.5. The molecule has 2 aliphatic rings. The predicted molar refractivity (Wildman–Crippen MR) is 97.1 cm³/mol. The average Bonchev–Trinajstić information content (AvgIpc) is 3.10. The molecule has 1 aliphatic heterocycles. The van der Waals surface area contributed by atoms with Gasteiger partial charge in [0.15, 0.2) is 0 Å². The molecule has 1 aromatic heterocycles. The molecule has 25 heavy (non-hydrogen) atoms. The third-order valence-electron chi connectivity index (χ3n) is 5.08. The van der Waals surface area contributed by atoms with Gasteiger partial charge in [-0.15, -0.1) is 11.3 Å². The van der Waals surface area contributed by atoms with E-state index in [0.717, 1.165) is 47.3 Å². The Morgan fingerprint density at radius 3 is 2.76 bits per heavy atom. The molecule has 132 valence electrons. The van der Waals surface area contributed by atoms with Crippen LogP contribution in [0.2, 0.25) is 0 Å². The molecule has 0 radical (unpaired) electrons. The van der Waals surface area contributed by atoms with Gasteiger partial charge in [-0.2, -0.15) is 0 Å². The van der Waals surface area contributed by atoms with Crippen molar-refractivity contribution in [2.45, 2.75) is 44.2 Å². The number of fused-ring (bicyclic) bond motifs is 1. The van der Waals surface area contributed by atoms with E-state index in [9.17, 15) is 9.59 Å². The molecule has 1 saturated carbocycles. The van der Waals surface area contributed by atoms with Crippen molar-refractivity contribution in [3.63, 3.8) is 0 Å². The van der Waals surface area contributed by atoms with Crippen LogP contribution in [0.15, 0.2) is 24.3 Å². The van der Waals surface area contributed by atoms with Crippen LogP contribution in [0.25, 0.3) is 10.2 Å². The maximum atomic E-state index is 12.8. The molecule has 3 amide bonds. The van der Waals surface area contributed by atoms with Crippen molar-refractivity contribution in [2.75, 3.05) is 13.7 Å². The summed E-state index contributed by atoms with van der Waals surface area (Å²) in [7, 11) is 1.92. The summed E-state index contributed by atoms with van der Waals surface area (Å²) in [5.41, 5.74) is 0.346. The third kappa shape index (κ3) is 3.02.